The molecule has 3 rings (SSSR count). The first-order valence-electron chi connectivity index (χ1n) is 12.8. The van der Waals surface area contributed by atoms with Gasteiger partial charge >= 0.3 is 6.18 Å². The predicted octanol–water partition coefficient (Wildman–Crippen LogP) is 5.74. The standard InChI is InChI=1S/C29H31ClF3N3O4S/c1-20(2)17-34-28(38)21(3)35(18-22-10-6-4-7-11-22)27(37)19-36(41(39,40)24-12-8-5-9-13-24)26-16-23(29(31,32)33)14-15-25(26)30/h4-16,20-21H,17-19H2,1-3H3,(H,34,38)/t21-/m1/s1. The second kappa shape index (κ2) is 13.4. The van der Waals surface area contributed by atoms with Gasteiger partial charge in [0.25, 0.3) is 10.0 Å². The lowest BCUT2D eigenvalue weighted by Gasteiger charge is -2.32. The van der Waals surface area contributed by atoms with Crippen LogP contribution in [0.25, 0.3) is 0 Å². The molecule has 3 aromatic carbocycles. The molecule has 220 valence electrons. The first kappa shape index (κ1) is 32.0. The molecule has 1 N–H and O–H groups in total. The predicted molar refractivity (Wildman–Crippen MR) is 152 cm³/mol. The van der Waals surface area contributed by atoms with Gasteiger partial charge in [-0.1, -0.05) is 74.0 Å². The van der Waals surface area contributed by atoms with Crippen LogP contribution in [0.2, 0.25) is 5.02 Å². The van der Waals surface area contributed by atoms with Gasteiger partial charge in [0.05, 0.1) is 21.2 Å². The highest BCUT2D eigenvalue weighted by Crippen LogP contribution is 2.37. The average molecular weight is 610 g/mol. The summed E-state index contributed by atoms with van der Waals surface area (Å²) in [5, 5.41) is 2.46. The summed E-state index contributed by atoms with van der Waals surface area (Å²) in [6.07, 6.45) is -4.80. The van der Waals surface area contributed by atoms with Gasteiger partial charge < -0.3 is 10.2 Å². The SMILES string of the molecule is CC(C)CNC(=O)[C@@H](C)N(Cc1ccccc1)C(=O)CN(c1cc(C(F)(F)F)ccc1Cl)S(=O)(=O)c1ccccc1. The van der Waals surface area contributed by atoms with Crippen LogP contribution in [-0.2, 0) is 32.3 Å². The second-order valence-corrected chi connectivity index (χ2v) is 12.1. The zero-order valence-electron chi connectivity index (χ0n) is 22.7. The van der Waals surface area contributed by atoms with Crippen LogP contribution in [-0.4, -0.2) is 44.3 Å². The van der Waals surface area contributed by atoms with E-state index in [9.17, 15) is 31.2 Å². The van der Waals surface area contributed by atoms with Crippen LogP contribution in [0.5, 0.6) is 0 Å². The molecule has 2 amide bonds. The Bertz CT molecular complexity index is 1450. The van der Waals surface area contributed by atoms with Crippen LogP contribution in [0.15, 0.2) is 83.8 Å². The van der Waals surface area contributed by atoms with Crippen molar-refractivity contribution in [2.45, 2.75) is 44.4 Å². The number of hydrogen-bond acceptors (Lipinski definition) is 4. The van der Waals surface area contributed by atoms with Gasteiger partial charge in [-0.25, -0.2) is 8.42 Å². The Balaban J connectivity index is 2.09. The minimum atomic E-state index is -4.80. The van der Waals surface area contributed by atoms with E-state index in [2.05, 4.69) is 5.32 Å². The third kappa shape index (κ3) is 8.23. The summed E-state index contributed by atoms with van der Waals surface area (Å²) in [5.74, 6) is -1.13. The highest BCUT2D eigenvalue weighted by Gasteiger charge is 2.36. The molecule has 0 bridgehead atoms. The molecule has 0 fully saturated rings. The lowest BCUT2D eigenvalue weighted by atomic mass is 10.1. The zero-order chi connectivity index (χ0) is 30.4. The summed E-state index contributed by atoms with van der Waals surface area (Å²) in [6, 6.07) is 17.0. The number of sulfonamides is 1. The molecule has 0 spiro atoms. The first-order valence-corrected chi connectivity index (χ1v) is 14.6. The molecule has 0 aliphatic rings. The number of nitrogens with one attached hydrogen (secondary N) is 1. The van der Waals surface area contributed by atoms with E-state index >= 15 is 0 Å². The van der Waals surface area contributed by atoms with Crippen molar-refractivity contribution >= 4 is 39.1 Å². The van der Waals surface area contributed by atoms with Crippen LogP contribution >= 0.6 is 11.6 Å². The number of anilines is 1. The van der Waals surface area contributed by atoms with E-state index in [1.807, 2.05) is 13.8 Å². The van der Waals surface area contributed by atoms with Crippen LogP contribution in [0, 0.1) is 5.92 Å². The molecule has 0 aromatic heterocycles. The molecule has 0 saturated carbocycles. The summed E-state index contributed by atoms with van der Waals surface area (Å²) in [6.45, 7) is 4.71. The Morgan fingerprint density at radius 2 is 1.51 bits per heavy atom. The van der Waals surface area contributed by atoms with Crippen LogP contribution in [0.3, 0.4) is 0 Å². The molecule has 1 atom stereocenters. The molecule has 12 heteroatoms. The summed E-state index contributed by atoms with van der Waals surface area (Å²) in [5.41, 5.74) is -0.991. The van der Waals surface area contributed by atoms with Crippen LogP contribution in [0.4, 0.5) is 18.9 Å². The fourth-order valence-corrected chi connectivity index (χ4v) is 5.64. The van der Waals surface area contributed by atoms with E-state index in [1.54, 1.807) is 36.4 Å². The van der Waals surface area contributed by atoms with Gasteiger partial charge in [0.2, 0.25) is 11.8 Å². The van der Waals surface area contributed by atoms with Crippen molar-refractivity contribution in [3.63, 3.8) is 0 Å². The van der Waals surface area contributed by atoms with Gasteiger partial charge in [0, 0.05) is 13.1 Å². The topological polar surface area (TPSA) is 86.8 Å². The third-order valence-corrected chi connectivity index (χ3v) is 8.29. The fraction of sp³-hybridized carbons (Fsp3) is 0.310. The number of nitrogens with zero attached hydrogens (tertiary/aromatic N) is 2. The second-order valence-electron chi connectivity index (χ2n) is 9.81. The normalized spacial score (nSPS) is 12.6. The number of carbonyl (C=O) groups is 2. The van der Waals surface area contributed by atoms with Gasteiger partial charge in [0.1, 0.15) is 12.6 Å². The quantitative estimate of drug-likeness (QED) is 0.300. The van der Waals surface area contributed by atoms with Gasteiger partial charge in [0.15, 0.2) is 0 Å². The van der Waals surface area contributed by atoms with E-state index in [1.165, 1.54) is 36.1 Å². The number of carbonyl (C=O) groups excluding carboxylic acids is 2. The van der Waals surface area contributed by atoms with Gasteiger partial charge in [-0.2, -0.15) is 13.2 Å². The Labute approximate surface area is 243 Å². The molecule has 0 unspecified atom stereocenters. The summed E-state index contributed by atoms with van der Waals surface area (Å²) in [7, 11) is -4.57. The number of benzene rings is 3. The van der Waals surface area contributed by atoms with E-state index in [4.69, 9.17) is 11.6 Å². The molecule has 0 radical (unpaired) electrons. The van der Waals surface area contributed by atoms with Crippen LogP contribution in [0.1, 0.15) is 31.9 Å². The molecular formula is C29H31ClF3N3O4S. The Morgan fingerprint density at radius 3 is 2.07 bits per heavy atom. The molecule has 41 heavy (non-hydrogen) atoms. The minimum Gasteiger partial charge on any atom is -0.354 e. The maximum absolute atomic E-state index is 13.9. The molecule has 0 aliphatic heterocycles. The lowest BCUT2D eigenvalue weighted by molar-refractivity contribution is -0.139. The summed E-state index contributed by atoms with van der Waals surface area (Å²) >= 11 is 6.25. The summed E-state index contributed by atoms with van der Waals surface area (Å²) < 4.78 is 68.9. The van der Waals surface area contributed by atoms with Crippen molar-refractivity contribution in [2.75, 3.05) is 17.4 Å². The van der Waals surface area contributed by atoms with Crippen molar-refractivity contribution in [3.8, 4) is 0 Å². The van der Waals surface area contributed by atoms with Gasteiger partial charge in [-0.05, 0) is 48.7 Å². The van der Waals surface area contributed by atoms with Crippen molar-refractivity contribution < 1.29 is 31.2 Å². The van der Waals surface area contributed by atoms with Crippen molar-refractivity contribution in [1.29, 1.82) is 0 Å². The Morgan fingerprint density at radius 1 is 0.927 bits per heavy atom. The van der Waals surface area contributed by atoms with E-state index in [0.29, 0.717) is 22.5 Å². The zero-order valence-corrected chi connectivity index (χ0v) is 24.3. The number of halogens is 4. The number of amides is 2. The Kier molecular flexibility index (Phi) is 10.4. The highest BCUT2D eigenvalue weighted by molar-refractivity contribution is 7.92. The monoisotopic (exact) mass is 609 g/mol. The minimum absolute atomic E-state index is 0.0501. The van der Waals surface area contributed by atoms with Crippen molar-refractivity contribution in [3.05, 3.63) is 95.0 Å². The number of hydrogen-bond donors (Lipinski definition) is 1. The number of alkyl halides is 3. The van der Waals surface area contributed by atoms with E-state index in [0.717, 1.165) is 12.1 Å². The molecule has 0 heterocycles. The maximum Gasteiger partial charge on any atom is 0.416 e. The third-order valence-electron chi connectivity index (χ3n) is 6.20. The smallest absolute Gasteiger partial charge is 0.354 e. The lowest BCUT2D eigenvalue weighted by Crippen LogP contribution is -2.51. The molecular weight excluding hydrogens is 579 g/mol. The van der Waals surface area contributed by atoms with Crippen molar-refractivity contribution in [1.82, 2.24) is 10.2 Å². The van der Waals surface area contributed by atoms with Crippen molar-refractivity contribution in [2.24, 2.45) is 5.92 Å². The molecule has 3 aromatic rings. The van der Waals surface area contributed by atoms with Gasteiger partial charge in [-0.15, -0.1) is 0 Å². The average Bonchev–Trinajstić information content (AvgIpc) is 2.93. The Hall–Kier alpha value is -3.57. The molecule has 0 aliphatic carbocycles. The largest absolute Gasteiger partial charge is 0.416 e. The fourth-order valence-electron chi connectivity index (χ4n) is 3.93. The molecule has 0 saturated heterocycles. The van der Waals surface area contributed by atoms with E-state index < -0.39 is 51.9 Å². The molecule has 7 nitrogen and oxygen atoms in total. The van der Waals surface area contributed by atoms with E-state index in [-0.39, 0.29) is 22.4 Å². The number of rotatable bonds is 11. The summed E-state index contributed by atoms with van der Waals surface area (Å²) in [4.78, 5) is 27.8. The highest BCUT2D eigenvalue weighted by atomic mass is 35.5. The van der Waals surface area contributed by atoms with Gasteiger partial charge in [-0.3, -0.25) is 13.9 Å². The first-order chi connectivity index (χ1) is 19.2. The maximum atomic E-state index is 13.9. The van der Waals surface area contributed by atoms with Crippen LogP contribution < -0.4 is 9.62 Å².